The van der Waals surface area contributed by atoms with Gasteiger partial charge in [0.05, 0.1) is 6.10 Å². The number of allylic oxidation sites excluding steroid dienone is 3. The van der Waals surface area contributed by atoms with Gasteiger partial charge in [0, 0.05) is 0 Å². The van der Waals surface area contributed by atoms with Crippen molar-refractivity contribution in [2.75, 3.05) is 0 Å². The Kier molecular flexibility index (Phi) is 5.62. The molecule has 3 fully saturated rings. The second kappa shape index (κ2) is 7.60. The van der Waals surface area contributed by atoms with Crippen LogP contribution in [0.15, 0.2) is 23.3 Å². The van der Waals surface area contributed by atoms with E-state index < -0.39 is 0 Å². The Morgan fingerprint density at radius 1 is 1.14 bits per heavy atom. The van der Waals surface area contributed by atoms with Crippen molar-refractivity contribution >= 4 is 0 Å². The largest absolute Gasteiger partial charge is 0.393 e. The molecule has 4 aliphatic rings. The van der Waals surface area contributed by atoms with E-state index in [4.69, 9.17) is 0 Å². The van der Waals surface area contributed by atoms with Crippen molar-refractivity contribution in [2.45, 2.75) is 105 Å². The summed E-state index contributed by atoms with van der Waals surface area (Å²) in [5, 5.41) is 10.2. The normalized spacial score (nSPS) is 46.1. The Balaban J connectivity index is 1.51. The van der Waals surface area contributed by atoms with Crippen LogP contribution in [-0.2, 0) is 0 Å². The summed E-state index contributed by atoms with van der Waals surface area (Å²) in [6.07, 6.45) is 17.9. The summed E-state index contributed by atoms with van der Waals surface area (Å²) >= 11 is 0. The maximum absolute atomic E-state index is 10.2. The first-order valence-corrected chi connectivity index (χ1v) is 12.3. The minimum Gasteiger partial charge on any atom is -0.393 e. The SMILES string of the molecule is CC(C)=CCC[C@H](C)[C@H]1CC[C@@H]2[C@H]3CC=C4C[C@@H](O)CC[C@]4(C)[C@@H]3CC[C@@]21C. The molecule has 0 amide bonds. The lowest BCUT2D eigenvalue weighted by molar-refractivity contribution is -0.0571. The van der Waals surface area contributed by atoms with Crippen molar-refractivity contribution in [3.05, 3.63) is 23.3 Å². The minimum atomic E-state index is -0.0813. The molecule has 1 heteroatoms. The van der Waals surface area contributed by atoms with Gasteiger partial charge in [0.2, 0.25) is 0 Å². The molecule has 0 aromatic heterocycles. The van der Waals surface area contributed by atoms with Crippen LogP contribution in [0.25, 0.3) is 0 Å². The van der Waals surface area contributed by atoms with Crippen molar-refractivity contribution in [1.29, 1.82) is 0 Å². The first-order chi connectivity index (χ1) is 13.3. The minimum absolute atomic E-state index is 0.0813. The molecule has 158 valence electrons. The predicted molar refractivity (Wildman–Crippen MR) is 119 cm³/mol. The highest BCUT2D eigenvalue weighted by atomic mass is 16.3. The molecule has 0 spiro atoms. The highest BCUT2D eigenvalue weighted by Gasteiger charge is 2.58. The lowest BCUT2D eigenvalue weighted by atomic mass is 9.47. The molecular formula is C27H44O. The van der Waals surface area contributed by atoms with Gasteiger partial charge in [-0.05, 0) is 118 Å². The molecule has 28 heavy (non-hydrogen) atoms. The van der Waals surface area contributed by atoms with Crippen LogP contribution >= 0.6 is 0 Å². The van der Waals surface area contributed by atoms with E-state index in [2.05, 4.69) is 46.8 Å². The molecule has 0 radical (unpaired) electrons. The number of aliphatic hydroxyl groups is 1. The molecule has 0 heterocycles. The van der Waals surface area contributed by atoms with Gasteiger partial charge < -0.3 is 5.11 Å². The van der Waals surface area contributed by atoms with Crippen molar-refractivity contribution in [3.63, 3.8) is 0 Å². The zero-order chi connectivity index (χ0) is 20.1. The average molecular weight is 385 g/mol. The lowest BCUT2D eigenvalue weighted by Gasteiger charge is -2.58. The quantitative estimate of drug-likeness (QED) is 0.504. The summed E-state index contributed by atoms with van der Waals surface area (Å²) in [7, 11) is 0. The number of hydrogen-bond donors (Lipinski definition) is 1. The summed E-state index contributed by atoms with van der Waals surface area (Å²) in [6.45, 7) is 12.2. The molecular weight excluding hydrogens is 340 g/mol. The van der Waals surface area contributed by atoms with Gasteiger partial charge in [-0.3, -0.25) is 0 Å². The van der Waals surface area contributed by atoms with Gasteiger partial charge in [-0.25, -0.2) is 0 Å². The maximum Gasteiger partial charge on any atom is 0.0577 e. The van der Waals surface area contributed by atoms with Gasteiger partial charge in [0.15, 0.2) is 0 Å². The van der Waals surface area contributed by atoms with Crippen molar-refractivity contribution < 1.29 is 5.11 Å². The van der Waals surface area contributed by atoms with Gasteiger partial charge in [-0.15, -0.1) is 0 Å². The molecule has 4 rings (SSSR count). The Bertz CT molecular complexity index is 641. The van der Waals surface area contributed by atoms with Gasteiger partial charge in [0.1, 0.15) is 0 Å². The van der Waals surface area contributed by atoms with E-state index in [1.165, 1.54) is 56.9 Å². The van der Waals surface area contributed by atoms with Crippen LogP contribution in [0.1, 0.15) is 98.8 Å². The maximum atomic E-state index is 10.2. The zero-order valence-electron chi connectivity index (χ0n) is 19.1. The van der Waals surface area contributed by atoms with E-state index in [0.717, 1.165) is 42.4 Å². The molecule has 4 aliphatic carbocycles. The Labute approximate surface area is 174 Å². The molecule has 1 N–H and O–H groups in total. The van der Waals surface area contributed by atoms with Gasteiger partial charge in [-0.2, -0.15) is 0 Å². The van der Waals surface area contributed by atoms with Gasteiger partial charge in [-0.1, -0.05) is 44.1 Å². The number of hydrogen-bond acceptors (Lipinski definition) is 1. The zero-order valence-corrected chi connectivity index (χ0v) is 19.1. The van der Waals surface area contributed by atoms with Gasteiger partial charge >= 0.3 is 0 Å². The monoisotopic (exact) mass is 384 g/mol. The lowest BCUT2D eigenvalue weighted by Crippen LogP contribution is -2.50. The molecule has 0 saturated heterocycles. The summed E-state index contributed by atoms with van der Waals surface area (Å²) in [6, 6.07) is 0. The highest BCUT2D eigenvalue weighted by Crippen LogP contribution is 2.67. The van der Waals surface area contributed by atoms with E-state index in [1.807, 2.05) is 0 Å². The topological polar surface area (TPSA) is 20.2 Å². The summed E-state index contributed by atoms with van der Waals surface area (Å²) < 4.78 is 0. The Hall–Kier alpha value is -0.560. The number of fused-ring (bicyclic) bond motifs is 5. The first-order valence-electron chi connectivity index (χ1n) is 12.3. The van der Waals surface area contributed by atoms with E-state index in [9.17, 15) is 5.11 Å². The fourth-order valence-corrected chi connectivity index (χ4v) is 8.45. The molecule has 0 aromatic rings. The van der Waals surface area contributed by atoms with Crippen molar-refractivity contribution in [3.8, 4) is 0 Å². The summed E-state index contributed by atoms with van der Waals surface area (Å²) in [5.41, 5.74) is 4.04. The molecule has 3 saturated carbocycles. The van der Waals surface area contributed by atoms with E-state index in [1.54, 1.807) is 5.57 Å². The van der Waals surface area contributed by atoms with Crippen LogP contribution in [0.5, 0.6) is 0 Å². The Morgan fingerprint density at radius 3 is 2.68 bits per heavy atom. The number of rotatable bonds is 4. The summed E-state index contributed by atoms with van der Waals surface area (Å²) in [5.74, 6) is 4.49. The second-order valence-corrected chi connectivity index (χ2v) is 11.7. The third-order valence-electron chi connectivity index (χ3n) is 10.0. The fraction of sp³-hybridized carbons (Fsp3) is 0.852. The van der Waals surface area contributed by atoms with E-state index in [0.29, 0.717) is 10.8 Å². The van der Waals surface area contributed by atoms with Crippen LogP contribution in [0.2, 0.25) is 0 Å². The highest BCUT2D eigenvalue weighted by molar-refractivity contribution is 5.25. The van der Waals surface area contributed by atoms with Crippen molar-refractivity contribution in [1.82, 2.24) is 0 Å². The first kappa shape index (κ1) is 20.7. The average Bonchev–Trinajstić information content (AvgIpc) is 2.99. The van der Waals surface area contributed by atoms with Gasteiger partial charge in [0.25, 0.3) is 0 Å². The Morgan fingerprint density at radius 2 is 1.93 bits per heavy atom. The molecule has 0 aliphatic heterocycles. The third kappa shape index (κ3) is 3.34. The second-order valence-electron chi connectivity index (χ2n) is 11.7. The third-order valence-corrected chi connectivity index (χ3v) is 10.0. The summed E-state index contributed by atoms with van der Waals surface area (Å²) in [4.78, 5) is 0. The predicted octanol–water partition coefficient (Wildman–Crippen LogP) is 7.31. The van der Waals surface area contributed by atoms with Crippen molar-refractivity contribution in [2.24, 2.45) is 40.4 Å². The van der Waals surface area contributed by atoms with E-state index in [-0.39, 0.29) is 6.10 Å². The van der Waals surface area contributed by atoms with Crippen LogP contribution < -0.4 is 0 Å². The molecule has 0 aromatic carbocycles. The van der Waals surface area contributed by atoms with E-state index >= 15 is 0 Å². The smallest absolute Gasteiger partial charge is 0.0577 e. The van der Waals surface area contributed by atoms with Crippen LogP contribution in [-0.4, -0.2) is 11.2 Å². The standard InChI is InChI=1S/C27H44O/c1-18(2)7-6-8-19(3)23-11-12-24-22-10-9-20-17-21(28)13-15-26(20,4)25(22)14-16-27(23,24)5/h7,9,19,21-25,28H,6,8,10-17H2,1-5H3/t19-,21-,22+,23+,24+,25+,26-,27+/m0/s1. The molecule has 8 atom stereocenters. The fourth-order valence-electron chi connectivity index (χ4n) is 8.45. The molecule has 0 unspecified atom stereocenters. The molecule has 0 bridgehead atoms. The molecule has 1 nitrogen and oxygen atoms in total. The number of aliphatic hydroxyl groups excluding tert-OH is 1. The van der Waals surface area contributed by atoms with Crippen LogP contribution in [0.4, 0.5) is 0 Å². The van der Waals surface area contributed by atoms with Crippen LogP contribution in [0, 0.1) is 40.4 Å². The van der Waals surface area contributed by atoms with Crippen LogP contribution in [0.3, 0.4) is 0 Å².